The van der Waals surface area contributed by atoms with E-state index in [-0.39, 0.29) is 17.4 Å². The number of halogens is 1. The number of carbonyl (C=O) groups is 2. The zero-order valence-electron chi connectivity index (χ0n) is 13.3. The second-order valence-corrected chi connectivity index (χ2v) is 6.71. The van der Waals surface area contributed by atoms with Crippen LogP contribution >= 0.6 is 11.6 Å². The molecule has 1 aromatic carbocycles. The summed E-state index contributed by atoms with van der Waals surface area (Å²) in [6, 6.07) is 6.97. The third-order valence-electron chi connectivity index (χ3n) is 4.75. The third kappa shape index (κ3) is 3.51. The van der Waals surface area contributed by atoms with Crippen LogP contribution in [0, 0.1) is 0 Å². The summed E-state index contributed by atoms with van der Waals surface area (Å²) >= 11 is 5.87. The van der Waals surface area contributed by atoms with Crippen molar-refractivity contribution >= 4 is 23.4 Å². The number of hydrogen-bond acceptors (Lipinski definition) is 3. The zero-order valence-corrected chi connectivity index (χ0v) is 14.0. The van der Waals surface area contributed by atoms with Crippen molar-refractivity contribution in [1.82, 2.24) is 9.80 Å². The van der Waals surface area contributed by atoms with Crippen molar-refractivity contribution < 1.29 is 14.3 Å². The van der Waals surface area contributed by atoms with E-state index in [0.29, 0.717) is 43.4 Å². The lowest BCUT2D eigenvalue weighted by atomic mass is 9.89. The quantitative estimate of drug-likeness (QED) is 0.790. The Morgan fingerprint density at radius 2 is 1.74 bits per heavy atom. The van der Waals surface area contributed by atoms with E-state index in [4.69, 9.17) is 16.3 Å². The van der Waals surface area contributed by atoms with Gasteiger partial charge < -0.3 is 14.5 Å². The minimum Gasteiger partial charge on any atom is -0.371 e. The maximum absolute atomic E-state index is 12.5. The van der Waals surface area contributed by atoms with Crippen LogP contribution in [0.1, 0.15) is 30.1 Å². The van der Waals surface area contributed by atoms with Crippen molar-refractivity contribution in [3.8, 4) is 0 Å². The van der Waals surface area contributed by atoms with Gasteiger partial charge in [0, 0.05) is 43.7 Å². The van der Waals surface area contributed by atoms with Gasteiger partial charge in [-0.3, -0.25) is 9.59 Å². The van der Waals surface area contributed by atoms with Crippen molar-refractivity contribution in [2.45, 2.75) is 25.4 Å². The smallest absolute Gasteiger partial charge is 0.253 e. The maximum Gasteiger partial charge on any atom is 0.253 e. The number of nitrogens with zero attached hydrogens (tertiary/aromatic N) is 2. The molecule has 2 amide bonds. The molecule has 124 valence electrons. The van der Waals surface area contributed by atoms with Crippen molar-refractivity contribution in [2.24, 2.45) is 0 Å². The first-order valence-electron chi connectivity index (χ1n) is 7.93. The van der Waals surface area contributed by atoms with Crippen LogP contribution in [-0.2, 0) is 9.53 Å². The Balaban J connectivity index is 1.62. The first-order chi connectivity index (χ1) is 11.0. The molecule has 6 heteroatoms. The zero-order chi connectivity index (χ0) is 16.4. The molecule has 0 aromatic heterocycles. The summed E-state index contributed by atoms with van der Waals surface area (Å²) < 4.78 is 5.99. The molecule has 5 nitrogen and oxygen atoms in total. The van der Waals surface area contributed by atoms with Crippen LogP contribution in [0.5, 0.6) is 0 Å². The summed E-state index contributed by atoms with van der Waals surface area (Å²) in [4.78, 5) is 27.8. The molecule has 0 unspecified atom stereocenters. The lowest BCUT2D eigenvalue weighted by Gasteiger charge is -2.47. The molecule has 2 aliphatic heterocycles. The van der Waals surface area contributed by atoms with Gasteiger partial charge in [0.1, 0.15) is 0 Å². The summed E-state index contributed by atoms with van der Waals surface area (Å²) in [6.45, 7) is 4.75. The first kappa shape index (κ1) is 16.3. The third-order valence-corrected chi connectivity index (χ3v) is 5.00. The van der Waals surface area contributed by atoms with E-state index in [1.165, 1.54) is 0 Å². The Hall–Kier alpha value is -1.59. The van der Waals surface area contributed by atoms with E-state index in [2.05, 4.69) is 0 Å². The van der Waals surface area contributed by atoms with Crippen molar-refractivity contribution in [1.29, 1.82) is 0 Å². The Morgan fingerprint density at radius 1 is 1.09 bits per heavy atom. The normalized spacial score (nSPS) is 20.6. The van der Waals surface area contributed by atoms with Gasteiger partial charge in [0.15, 0.2) is 0 Å². The molecule has 1 spiro atoms. The molecule has 2 saturated heterocycles. The summed E-state index contributed by atoms with van der Waals surface area (Å²) in [6.07, 6.45) is 1.52. The Bertz CT molecular complexity index is 594. The summed E-state index contributed by atoms with van der Waals surface area (Å²) in [5.74, 6) is 0.114. The molecule has 0 N–H and O–H groups in total. The first-order valence-corrected chi connectivity index (χ1v) is 8.31. The second-order valence-electron chi connectivity index (χ2n) is 6.27. The van der Waals surface area contributed by atoms with Gasteiger partial charge in [-0.1, -0.05) is 11.6 Å². The number of hydrogen-bond donors (Lipinski definition) is 0. The average Bonchev–Trinajstić information content (AvgIpc) is 2.56. The van der Waals surface area contributed by atoms with Gasteiger partial charge in [-0.25, -0.2) is 0 Å². The van der Waals surface area contributed by atoms with Gasteiger partial charge in [0.2, 0.25) is 5.91 Å². The maximum atomic E-state index is 12.5. The van der Waals surface area contributed by atoms with E-state index < -0.39 is 0 Å². The molecule has 1 aromatic rings. The Morgan fingerprint density at radius 3 is 2.35 bits per heavy atom. The number of rotatable bonds is 1. The fraction of sp³-hybridized carbons (Fsp3) is 0.529. The van der Waals surface area contributed by atoms with Gasteiger partial charge in [-0.15, -0.1) is 0 Å². The fourth-order valence-corrected chi connectivity index (χ4v) is 3.43. The minimum absolute atomic E-state index is 0.0238. The molecule has 23 heavy (non-hydrogen) atoms. The molecule has 2 fully saturated rings. The lowest BCUT2D eigenvalue weighted by molar-refractivity contribution is -0.156. The van der Waals surface area contributed by atoms with Gasteiger partial charge in [0.05, 0.1) is 12.2 Å². The average molecular weight is 337 g/mol. The fourth-order valence-electron chi connectivity index (χ4n) is 3.31. The van der Waals surface area contributed by atoms with Crippen LogP contribution in [-0.4, -0.2) is 60.0 Å². The number of carbonyl (C=O) groups excluding carboxylic acids is 2. The highest BCUT2D eigenvalue weighted by atomic mass is 35.5. The summed E-state index contributed by atoms with van der Waals surface area (Å²) in [5, 5.41) is 0.624. The molecule has 0 aliphatic carbocycles. The standard InChI is InChI=1S/C17H21ClN2O3/c1-13(21)20-10-11-23-17(12-20)6-8-19(9-7-17)16(22)14-2-4-15(18)5-3-14/h2-5H,6-12H2,1H3. The van der Waals surface area contributed by atoms with Gasteiger partial charge in [-0.2, -0.15) is 0 Å². The Labute approximate surface area is 141 Å². The number of piperidine rings is 1. The highest BCUT2D eigenvalue weighted by molar-refractivity contribution is 6.30. The number of amides is 2. The van der Waals surface area contributed by atoms with Crippen molar-refractivity contribution in [3.05, 3.63) is 34.9 Å². The van der Waals surface area contributed by atoms with Gasteiger partial charge >= 0.3 is 0 Å². The summed E-state index contributed by atoms with van der Waals surface area (Å²) in [5.41, 5.74) is 0.362. The van der Waals surface area contributed by atoms with Gasteiger partial charge in [0.25, 0.3) is 5.91 Å². The monoisotopic (exact) mass is 336 g/mol. The molecular weight excluding hydrogens is 316 g/mol. The molecule has 0 atom stereocenters. The predicted octanol–water partition coefficient (Wildman–Crippen LogP) is 2.19. The van der Waals surface area contributed by atoms with Crippen LogP contribution in [0.15, 0.2) is 24.3 Å². The minimum atomic E-state index is -0.291. The highest BCUT2D eigenvalue weighted by Crippen LogP contribution is 2.30. The van der Waals surface area contributed by atoms with Crippen LogP contribution in [0.3, 0.4) is 0 Å². The molecule has 0 radical (unpaired) electrons. The van der Waals surface area contributed by atoms with Crippen LogP contribution < -0.4 is 0 Å². The van der Waals surface area contributed by atoms with Gasteiger partial charge in [-0.05, 0) is 37.1 Å². The highest BCUT2D eigenvalue weighted by Gasteiger charge is 2.41. The SMILES string of the molecule is CC(=O)N1CCOC2(CCN(C(=O)c3ccc(Cl)cc3)CC2)C1. The lowest BCUT2D eigenvalue weighted by Crippen LogP contribution is -2.58. The van der Waals surface area contributed by atoms with E-state index in [1.807, 2.05) is 9.80 Å². The van der Waals surface area contributed by atoms with Crippen LogP contribution in [0.2, 0.25) is 5.02 Å². The van der Waals surface area contributed by atoms with E-state index >= 15 is 0 Å². The molecular formula is C17H21ClN2O3. The van der Waals surface area contributed by atoms with E-state index in [1.54, 1.807) is 31.2 Å². The molecule has 3 rings (SSSR count). The van der Waals surface area contributed by atoms with E-state index in [0.717, 1.165) is 12.8 Å². The van der Waals surface area contributed by atoms with Crippen LogP contribution in [0.25, 0.3) is 0 Å². The molecule has 0 saturated carbocycles. The molecule has 2 aliphatic rings. The largest absolute Gasteiger partial charge is 0.371 e. The number of benzene rings is 1. The predicted molar refractivity (Wildman–Crippen MR) is 87.5 cm³/mol. The van der Waals surface area contributed by atoms with E-state index in [9.17, 15) is 9.59 Å². The topological polar surface area (TPSA) is 49.9 Å². The van der Waals surface area contributed by atoms with Crippen molar-refractivity contribution in [3.63, 3.8) is 0 Å². The Kier molecular flexibility index (Phi) is 4.60. The van der Waals surface area contributed by atoms with Crippen molar-refractivity contribution in [2.75, 3.05) is 32.8 Å². The van der Waals surface area contributed by atoms with Crippen LogP contribution in [0.4, 0.5) is 0 Å². The molecule has 2 heterocycles. The second kappa shape index (κ2) is 6.49. The number of likely N-dealkylation sites (tertiary alicyclic amines) is 1. The number of morpholine rings is 1. The summed E-state index contributed by atoms with van der Waals surface area (Å²) in [7, 11) is 0. The molecule has 0 bridgehead atoms. The number of ether oxygens (including phenoxy) is 1.